The lowest BCUT2D eigenvalue weighted by Gasteiger charge is -2.50. The van der Waals surface area contributed by atoms with Gasteiger partial charge >= 0.3 is 6.18 Å². The molecule has 2 atom stereocenters. The van der Waals surface area contributed by atoms with Crippen LogP contribution >= 0.6 is 0 Å². The van der Waals surface area contributed by atoms with Gasteiger partial charge < -0.3 is 10.2 Å². The van der Waals surface area contributed by atoms with E-state index in [9.17, 15) is 22.8 Å². The van der Waals surface area contributed by atoms with E-state index in [1.807, 2.05) is 0 Å². The molecule has 1 heterocycles. The largest absolute Gasteiger partial charge is 0.389 e. The second-order valence-corrected chi connectivity index (χ2v) is 5.94. The Labute approximate surface area is 123 Å². The van der Waals surface area contributed by atoms with Crippen molar-refractivity contribution in [1.29, 1.82) is 0 Å². The Balaban J connectivity index is 2.97. The van der Waals surface area contributed by atoms with E-state index in [4.69, 9.17) is 0 Å². The standard InChI is InChI=1S/C14H23F3N2O2/c1-5-12(3)11(21)19(9-7-8-14(15,16)17)13(4,6-2)10(20)18-12/h5-9H2,1-4H3,(H,18,20). The zero-order chi connectivity index (χ0) is 16.5. The van der Waals surface area contributed by atoms with E-state index in [-0.39, 0.29) is 24.8 Å². The lowest BCUT2D eigenvalue weighted by Crippen LogP contribution is -2.73. The Bertz CT molecular complexity index is 425. The molecule has 0 aliphatic carbocycles. The van der Waals surface area contributed by atoms with Crippen molar-refractivity contribution in [2.24, 2.45) is 0 Å². The predicted molar refractivity (Wildman–Crippen MR) is 72.5 cm³/mol. The van der Waals surface area contributed by atoms with Gasteiger partial charge in [0.15, 0.2) is 0 Å². The number of halogens is 3. The zero-order valence-electron chi connectivity index (χ0n) is 12.9. The fraction of sp³-hybridized carbons (Fsp3) is 0.857. The average molecular weight is 308 g/mol. The minimum absolute atomic E-state index is 0.0638. The quantitative estimate of drug-likeness (QED) is 0.849. The van der Waals surface area contributed by atoms with Crippen LogP contribution in [0, 0.1) is 0 Å². The van der Waals surface area contributed by atoms with Crippen LogP contribution in [0.3, 0.4) is 0 Å². The van der Waals surface area contributed by atoms with Gasteiger partial charge in [-0.2, -0.15) is 13.2 Å². The summed E-state index contributed by atoms with van der Waals surface area (Å²) >= 11 is 0. The molecule has 1 aliphatic heterocycles. The Morgan fingerprint density at radius 3 is 2.14 bits per heavy atom. The van der Waals surface area contributed by atoms with E-state index < -0.39 is 23.7 Å². The Hall–Kier alpha value is -1.27. The summed E-state index contributed by atoms with van der Waals surface area (Å²) in [4.78, 5) is 26.2. The number of nitrogens with zero attached hydrogens (tertiary/aromatic N) is 1. The molecule has 4 nitrogen and oxygen atoms in total. The van der Waals surface area contributed by atoms with E-state index in [1.54, 1.807) is 27.7 Å². The van der Waals surface area contributed by atoms with Gasteiger partial charge in [0.1, 0.15) is 11.1 Å². The number of carbonyl (C=O) groups is 2. The van der Waals surface area contributed by atoms with Crippen LogP contribution in [-0.4, -0.2) is 40.5 Å². The van der Waals surface area contributed by atoms with Crippen molar-refractivity contribution in [2.75, 3.05) is 6.54 Å². The highest BCUT2D eigenvalue weighted by Gasteiger charge is 2.52. The van der Waals surface area contributed by atoms with Gasteiger partial charge in [0.2, 0.25) is 11.8 Å². The molecule has 0 aromatic carbocycles. The third-order valence-electron chi connectivity index (χ3n) is 4.43. The summed E-state index contributed by atoms with van der Waals surface area (Å²) in [5.74, 6) is -0.614. The predicted octanol–water partition coefficient (Wildman–Crippen LogP) is 2.62. The lowest BCUT2D eigenvalue weighted by atomic mass is 9.84. The zero-order valence-corrected chi connectivity index (χ0v) is 12.9. The van der Waals surface area contributed by atoms with Crippen LogP contribution in [0.5, 0.6) is 0 Å². The van der Waals surface area contributed by atoms with Crippen molar-refractivity contribution in [2.45, 2.75) is 70.6 Å². The molecule has 0 saturated carbocycles. The first-order valence-electron chi connectivity index (χ1n) is 7.21. The molecule has 0 aromatic heterocycles. The molecule has 0 aromatic rings. The molecular weight excluding hydrogens is 285 g/mol. The summed E-state index contributed by atoms with van der Waals surface area (Å²) in [6, 6.07) is 0. The van der Waals surface area contributed by atoms with E-state index >= 15 is 0 Å². The monoisotopic (exact) mass is 308 g/mol. The van der Waals surface area contributed by atoms with Gasteiger partial charge in [0.25, 0.3) is 0 Å². The highest BCUT2D eigenvalue weighted by atomic mass is 19.4. The summed E-state index contributed by atoms with van der Waals surface area (Å²) in [6.45, 7) is 6.66. The molecule has 1 saturated heterocycles. The van der Waals surface area contributed by atoms with Crippen molar-refractivity contribution in [3.05, 3.63) is 0 Å². The van der Waals surface area contributed by atoms with Crippen LogP contribution in [0.4, 0.5) is 13.2 Å². The van der Waals surface area contributed by atoms with Crippen molar-refractivity contribution < 1.29 is 22.8 Å². The molecule has 0 spiro atoms. The van der Waals surface area contributed by atoms with Gasteiger partial charge in [0.05, 0.1) is 0 Å². The minimum atomic E-state index is -4.25. The molecular formula is C14H23F3N2O2. The van der Waals surface area contributed by atoms with Crippen LogP contribution < -0.4 is 5.32 Å². The topological polar surface area (TPSA) is 49.4 Å². The van der Waals surface area contributed by atoms with Crippen LogP contribution in [0.1, 0.15) is 53.4 Å². The molecule has 2 unspecified atom stereocenters. The Morgan fingerprint density at radius 2 is 1.71 bits per heavy atom. The highest BCUT2D eigenvalue weighted by Crippen LogP contribution is 2.31. The molecule has 0 bridgehead atoms. The molecule has 1 N–H and O–H groups in total. The number of amides is 2. The van der Waals surface area contributed by atoms with E-state index in [0.29, 0.717) is 12.8 Å². The van der Waals surface area contributed by atoms with Gasteiger partial charge in [-0.1, -0.05) is 13.8 Å². The Morgan fingerprint density at radius 1 is 1.14 bits per heavy atom. The van der Waals surface area contributed by atoms with E-state index in [1.165, 1.54) is 4.90 Å². The van der Waals surface area contributed by atoms with Crippen LogP contribution in [0.15, 0.2) is 0 Å². The molecule has 0 radical (unpaired) electrons. The first-order valence-corrected chi connectivity index (χ1v) is 7.21. The Kier molecular flexibility index (Phi) is 4.95. The van der Waals surface area contributed by atoms with Crippen LogP contribution in [-0.2, 0) is 9.59 Å². The van der Waals surface area contributed by atoms with Gasteiger partial charge in [-0.25, -0.2) is 0 Å². The lowest BCUT2D eigenvalue weighted by molar-refractivity contribution is -0.164. The summed E-state index contributed by atoms with van der Waals surface area (Å²) < 4.78 is 36.9. The van der Waals surface area contributed by atoms with Crippen molar-refractivity contribution >= 4 is 11.8 Å². The van der Waals surface area contributed by atoms with Crippen molar-refractivity contribution in [3.63, 3.8) is 0 Å². The SMILES string of the molecule is CCC1(C)NC(=O)C(C)(CC)N(CCCC(F)(F)F)C1=O. The van der Waals surface area contributed by atoms with Gasteiger partial charge in [-0.05, 0) is 33.1 Å². The third kappa shape index (κ3) is 3.49. The van der Waals surface area contributed by atoms with Gasteiger partial charge in [-0.15, -0.1) is 0 Å². The second-order valence-electron chi connectivity index (χ2n) is 5.94. The number of nitrogens with one attached hydrogen (secondary N) is 1. The molecule has 21 heavy (non-hydrogen) atoms. The molecule has 122 valence electrons. The van der Waals surface area contributed by atoms with E-state index in [2.05, 4.69) is 5.32 Å². The molecule has 1 aliphatic rings. The van der Waals surface area contributed by atoms with Gasteiger partial charge in [-0.3, -0.25) is 9.59 Å². The summed E-state index contributed by atoms with van der Waals surface area (Å²) in [5.41, 5.74) is -2.12. The smallest absolute Gasteiger partial charge is 0.340 e. The molecule has 2 amide bonds. The molecule has 1 fully saturated rings. The van der Waals surface area contributed by atoms with Crippen molar-refractivity contribution in [3.8, 4) is 0 Å². The number of carbonyl (C=O) groups excluding carboxylic acids is 2. The second kappa shape index (κ2) is 5.85. The average Bonchev–Trinajstić information content (AvgIpc) is 2.39. The maximum absolute atomic E-state index is 12.6. The van der Waals surface area contributed by atoms with Gasteiger partial charge in [0, 0.05) is 13.0 Å². The third-order valence-corrected chi connectivity index (χ3v) is 4.43. The minimum Gasteiger partial charge on any atom is -0.340 e. The summed E-state index contributed by atoms with van der Waals surface area (Å²) in [7, 11) is 0. The number of piperazine rings is 1. The number of rotatable bonds is 5. The normalized spacial score (nSPS) is 30.5. The number of alkyl halides is 3. The maximum atomic E-state index is 12.6. The fourth-order valence-electron chi connectivity index (χ4n) is 2.46. The first-order chi connectivity index (χ1) is 9.50. The summed E-state index contributed by atoms with van der Waals surface area (Å²) in [6.07, 6.45) is -4.65. The van der Waals surface area contributed by atoms with Crippen molar-refractivity contribution in [1.82, 2.24) is 10.2 Å². The number of hydrogen-bond donors (Lipinski definition) is 1. The molecule has 7 heteroatoms. The summed E-state index contributed by atoms with van der Waals surface area (Å²) in [5, 5.41) is 2.72. The maximum Gasteiger partial charge on any atom is 0.389 e. The molecule has 1 rings (SSSR count). The number of hydrogen-bond acceptors (Lipinski definition) is 2. The fourth-order valence-corrected chi connectivity index (χ4v) is 2.46. The van der Waals surface area contributed by atoms with E-state index in [0.717, 1.165) is 0 Å². The van der Waals surface area contributed by atoms with Crippen LogP contribution in [0.25, 0.3) is 0 Å². The highest BCUT2D eigenvalue weighted by molar-refractivity contribution is 6.01. The van der Waals surface area contributed by atoms with Crippen LogP contribution in [0.2, 0.25) is 0 Å². The first kappa shape index (κ1) is 17.8.